The van der Waals surface area contributed by atoms with Gasteiger partial charge in [-0.3, -0.25) is 14.9 Å². The van der Waals surface area contributed by atoms with Crippen LogP contribution in [0.3, 0.4) is 0 Å². The van der Waals surface area contributed by atoms with Crippen molar-refractivity contribution in [2.45, 2.75) is 0 Å². The predicted octanol–water partition coefficient (Wildman–Crippen LogP) is 3.07. The van der Waals surface area contributed by atoms with Gasteiger partial charge in [-0.2, -0.15) is 5.10 Å². The second-order valence-corrected chi connectivity index (χ2v) is 5.81. The minimum absolute atomic E-state index is 0.0194. The average molecular weight is 376 g/mol. The lowest BCUT2D eigenvalue weighted by molar-refractivity contribution is -0.384. The van der Waals surface area contributed by atoms with E-state index in [1.54, 1.807) is 42.5 Å². The molecule has 8 nitrogen and oxygen atoms in total. The zero-order chi connectivity index (χ0) is 20.1. The second kappa shape index (κ2) is 8.00. The molecule has 0 atom stereocenters. The number of hydrazone groups is 1. The highest BCUT2D eigenvalue weighted by Gasteiger charge is 2.15. The molecule has 0 spiro atoms. The summed E-state index contributed by atoms with van der Waals surface area (Å²) in [6, 6.07) is 18.6. The summed E-state index contributed by atoms with van der Waals surface area (Å²) >= 11 is 0. The number of nitrogen functional groups attached to an aromatic ring is 1. The second-order valence-electron chi connectivity index (χ2n) is 5.81. The fourth-order valence-corrected chi connectivity index (χ4v) is 2.56. The molecular weight excluding hydrogens is 360 g/mol. The van der Waals surface area contributed by atoms with Gasteiger partial charge in [-0.05, 0) is 30.3 Å². The lowest BCUT2D eigenvalue weighted by atomic mass is 10.00. The van der Waals surface area contributed by atoms with Gasteiger partial charge in [-0.25, -0.2) is 5.43 Å². The Balaban J connectivity index is 1.95. The Kier molecular flexibility index (Phi) is 5.31. The topological polar surface area (TPSA) is 131 Å². The van der Waals surface area contributed by atoms with Crippen LogP contribution in [0.4, 0.5) is 11.4 Å². The van der Waals surface area contributed by atoms with Crippen molar-refractivity contribution in [3.63, 3.8) is 0 Å². The molecule has 3 rings (SSSR count). The normalized spacial score (nSPS) is 11.1. The monoisotopic (exact) mass is 376 g/mol. The van der Waals surface area contributed by atoms with Gasteiger partial charge in [0.1, 0.15) is 11.5 Å². The highest BCUT2D eigenvalue weighted by molar-refractivity contribution is 6.17. The van der Waals surface area contributed by atoms with E-state index < -0.39 is 10.8 Å². The molecule has 3 aromatic rings. The molecular formula is C20H16N4O4. The zero-order valence-electron chi connectivity index (χ0n) is 14.6. The quantitative estimate of drug-likeness (QED) is 0.273. The van der Waals surface area contributed by atoms with Crippen LogP contribution >= 0.6 is 0 Å². The fourth-order valence-electron chi connectivity index (χ4n) is 2.56. The number of nitrogens with zero attached hydrogens (tertiary/aromatic N) is 2. The van der Waals surface area contributed by atoms with Crippen LogP contribution in [0, 0.1) is 10.1 Å². The highest BCUT2D eigenvalue weighted by Crippen LogP contribution is 2.23. The van der Waals surface area contributed by atoms with Crippen molar-refractivity contribution in [2.24, 2.45) is 5.10 Å². The van der Waals surface area contributed by atoms with Crippen LogP contribution in [0.5, 0.6) is 5.75 Å². The fraction of sp³-hybridized carbons (Fsp3) is 0. The van der Waals surface area contributed by atoms with Gasteiger partial charge >= 0.3 is 0 Å². The van der Waals surface area contributed by atoms with E-state index in [-0.39, 0.29) is 22.7 Å². The molecule has 0 aliphatic rings. The van der Waals surface area contributed by atoms with E-state index in [4.69, 9.17) is 5.73 Å². The summed E-state index contributed by atoms with van der Waals surface area (Å²) < 4.78 is 0. The Morgan fingerprint density at radius 2 is 1.57 bits per heavy atom. The summed E-state index contributed by atoms with van der Waals surface area (Å²) in [5.41, 5.74) is 10.2. The van der Waals surface area contributed by atoms with Crippen molar-refractivity contribution in [3.05, 3.63) is 99.6 Å². The van der Waals surface area contributed by atoms with Crippen molar-refractivity contribution in [3.8, 4) is 5.75 Å². The molecule has 0 aromatic heterocycles. The summed E-state index contributed by atoms with van der Waals surface area (Å²) in [4.78, 5) is 22.6. The molecule has 140 valence electrons. The Bertz CT molecular complexity index is 1010. The smallest absolute Gasteiger partial charge is 0.271 e. The van der Waals surface area contributed by atoms with Crippen LogP contribution in [0.15, 0.2) is 77.9 Å². The van der Waals surface area contributed by atoms with E-state index in [9.17, 15) is 20.0 Å². The third-order valence-corrected chi connectivity index (χ3v) is 3.98. The van der Waals surface area contributed by atoms with Crippen LogP contribution in [0.25, 0.3) is 0 Å². The summed E-state index contributed by atoms with van der Waals surface area (Å²) in [6.45, 7) is 0. The zero-order valence-corrected chi connectivity index (χ0v) is 14.6. The van der Waals surface area contributed by atoms with Crippen molar-refractivity contribution >= 4 is 23.0 Å². The van der Waals surface area contributed by atoms with Crippen molar-refractivity contribution in [1.82, 2.24) is 5.43 Å². The molecule has 0 aliphatic heterocycles. The van der Waals surface area contributed by atoms with E-state index in [2.05, 4.69) is 10.5 Å². The lowest BCUT2D eigenvalue weighted by Gasteiger charge is -2.11. The Hall–Kier alpha value is -4.20. The van der Waals surface area contributed by atoms with Crippen molar-refractivity contribution in [1.29, 1.82) is 0 Å². The minimum Gasteiger partial charge on any atom is -0.507 e. The number of nitrogens with one attached hydrogen (secondary N) is 1. The molecule has 0 unspecified atom stereocenters. The van der Waals surface area contributed by atoms with Gasteiger partial charge in [0.15, 0.2) is 0 Å². The van der Waals surface area contributed by atoms with Gasteiger partial charge in [-0.15, -0.1) is 0 Å². The number of nitro benzene ring substituents is 1. The predicted molar refractivity (Wildman–Crippen MR) is 105 cm³/mol. The number of nitrogens with two attached hydrogens (primary N) is 1. The molecule has 0 heterocycles. The Morgan fingerprint density at radius 1 is 0.964 bits per heavy atom. The van der Waals surface area contributed by atoms with Gasteiger partial charge in [0.05, 0.1) is 4.92 Å². The number of hydrogen-bond donors (Lipinski definition) is 3. The largest absolute Gasteiger partial charge is 0.507 e. The third-order valence-electron chi connectivity index (χ3n) is 3.98. The molecule has 4 N–H and O–H groups in total. The number of phenolic OH excluding ortho intramolecular Hbond substituents is 1. The first kappa shape index (κ1) is 18.6. The van der Waals surface area contributed by atoms with E-state index in [0.717, 1.165) is 0 Å². The van der Waals surface area contributed by atoms with Gasteiger partial charge in [0, 0.05) is 34.5 Å². The first-order chi connectivity index (χ1) is 13.5. The van der Waals surface area contributed by atoms with Crippen LogP contribution < -0.4 is 11.2 Å². The number of amides is 1. The summed E-state index contributed by atoms with van der Waals surface area (Å²) in [5.74, 6) is -0.577. The SMILES string of the molecule is Nc1ccccc1/C(=N/NC(=O)c1ccc([N+](=O)[O-])cc1)c1ccccc1O. The van der Waals surface area contributed by atoms with Gasteiger partial charge in [0.2, 0.25) is 0 Å². The molecule has 0 saturated carbocycles. The number of hydrogen-bond acceptors (Lipinski definition) is 6. The van der Waals surface area contributed by atoms with E-state index in [1.807, 2.05) is 0 Å². The van der Waals surface area contributed by atoms with Crippen molar-refractivity contribution in [2.75, 3.05) is 5.73 Å². The Labute approximate surface area is 160 Å². The maximum atomic E-state index is 12.4. The summed E-state index contributed by atoms with van der Waals surface area (Å²) in [6.07, 6.45) is 0. The number of carbonyl (C=O) groups excluding carboxylic acids is 1. The molecule has 1 amide bonds. The Morgan fingerprint density at radius 3 is 2.18 bits per heavy atom. The van der Waals surface area contributed by atoms with E-state index in [0.29, 0.717) is 16.8 Å². The molecule has 0 aliphatic carbocycles. The number of non-ortho nitro benzene ring substituents is 1. The van der Waals surface area contributed by atoms with Gasteiger partial charge in [0.25, 0.3) is 11.6 Å². The standard InChI is InChI=1S/C20H16N4O4/c21-17-7-3-1-5-15(17)19(16-6-2-4-8-18(16)25)22-23-20(26)13-9-11-14(12-10-13)24(27)28/h1-12,25H,21H2,(H,23,26)/b22-19-. The number of para-hydroxylation sites is 2. The first-order valence-electron chi connectivity index (χ1n) is 8.23. The molecule has 0 bridgehead atoms. The lowest BCUT2D eigenvalue weighted by Crippen LogP contribution is -2.21. The van der Waals surface area contributed by atoms with Crippen LogP contribution in [-0.2, 0) is 0 Å². The van der Waals surface area contributed by atoms with Gasteiger partial charge in [-0.1, -0.05) is 30.3 Å². The average Bonchev–Trinajstić information content (AvgIpc) is 2.70. The summed E-state index contributed by atoms with van der Waals surface area (Å²) in [5, 5.41) is 25.1. The molecule has 0 radical (unpaired) electrons. The molecule has 8 heteroatoms. The highest BCUT2D eigenvalue weighted by atomic mass is 16.6. The molecule has 28 heavy (non-hydrogen) atoms. The number of phenols is 1. The molecule has 3 aromatic carbocycles. The molecule has 0 saturated heterocycles. The minimum atomic E-state index is -0.558. The van der Waals surface area contributed by atoms with Crippen LogP contribution in [0.2, 0.25) is 0 Å². The first-order valence-corrected chi connectivity index (χ1v) is 8.23. The van der Waals surface area contributed by atoms with Crippen molar-refractivity contribution < 1.29 is 14.8 Å². The van der Waals surface area contributed by atoms with Gasteiger partial charge < -0.3 is 10.8 Å². The number of carbonyl (C=O) groups is 1. The van der Waals surface area contributed by atoms with E-state index >= 15 is 0 Å². The van der Waals surface area contributed by atoms with Crippen LogP contribution in [0.1, 0.15) is 21.5 Å². The molecule has 0 fully saturated rings. The number of anilines is 1. The maximum Gasteiger partial charge on any atom is 0.271 e. The summed E-state index contributed by atoms with van der Waals surface area (Å²) in [7, 11) is 0. The number of aromatic hydroxyl groups is 1. The number of nitro groups is 1. The van der Waals surface area contributed by atoms with Crippen LogP contribution in [-0.4, -0.2) is 21.6 Å². The number of rotatable bonds is 5. The third kappa shape index (κ3) is 3.96. The maximum absolute atomic E-state index is 12.4. The number of benzene rings is 3. The van der Waals surface area contributed by atoms with E-state index in [1.165, 1.54) is 30.3 Å².